The van der Waals surface area contributed by atoms with E-state index in [1.54, 1.807) is 0 Å². The van der Waals surface area contributed by atoms with Crippen LogP contribution in [0.5, 0.6) is 0 Å². The van der Waals surface area contributed by atoms with Crippen molar-refractivity contribution in [3.05, 3.63) is 0 Å². The molecular formula is C13H27NO2S. The minimum absolute atomic E-state index is 0.0645. The highest BCUT2D eigenvalue weighted by molar-refractivity contribution is 7.92. The monoisotopic (exact) mass is 261 g/mol. The van der Waals surface area contributed by atoms with Crippen molar-refractivity contribution in [1.82, 2.24) is 5.32 Å². The van der Waals surface area contributed by atoms with Crippen LogP contribution in [0.15, 0.2) is 0 Å². The molecule has 4 heteroatoms. The molecule has 1 aliphatic carbocycles. The SMILES string of the molecule is CC1CCCC(S(=O)(=O)CCCNC(C)C)C1. The highest BCUT2D eigenvalue weighted by Crippen LogP contribution is 2.28. The number of sulfone groups is 1. The van der Waals surface area contributed by atoms with Gasteiger partial charge in [0, 0.05) is 6.04 Å². The van der Waals surface area contributed by atoms with Gasteiger partial charge < -0.3 is 5.32 Å². The molecule has 1 rings (SSSR count). The normalized spacial score (nSPS) is 26.4. The third kappa shape index (κ3) is 5.38. The number of nitrogens with one attached hydrogen (secondary N) is 1. The van der Waals surface area contributed by atoms with Crippen molar-refractivity contribution < 1.29 is 8.42 Å². The summed E-state index contributed by atoms with van der Waals surface area (Å²) in [5.41, 5.74) is 0. The predicted octanol–water partition coefficient (Wildman–Crippen LogP) is 2.37. The molecule has 1 fully saturated rings. The fourth-order valence-electron chi connectivity index (χ4n) is 2.54. The van der Waals surface area contributed by atoms with Crippen LogP contribution < -0.4 is 5.32 Å². The molecule has 1 saturated carbocycles. The fourth-order valence-corrected chi connectivity index (χ4v) is 4.56. The molecule has 1 aliphatic rings. The minimum Gasteiger partial charge on any atom is -0.314 e. The Hall–Kier alpha value is -0.0900. The highest BCUT2D eigenvalue weighted by atomic mass is 32.2. The van der Waals surface area contributed by atoms with Gasteiger partial charge in [0.25, 0.3) is 0 Å². The zero-order chi connectivity index (χ0) is 12.9. The Morgan fingerprint density at radius 3 is 2.59 bits per heavy atom. The summed E-state index contributed by atoms with van der Waals surface area (Å²) in [7, 11) is -2.85. The second-order valence-corrected chi connectivity index (χ2v) is 8.12. The van der Waals surface area contributed by atoms with Crippen LogP contribution in [-0.2, 0) is 9.84 Å². The molecule has 2 atom stereocenters. The maximum atomic E-state index is 12.1. The van der Waals surface area contributed by atoms with E-state index < -0.39 is 9.84 Å². The van der Waals surface area contributed by atoms with E-state index in [1.807, 2.05) is 0 Å². The Kier molecular flexibility index (Phi) is 5.93. The van der Waals surface area contributed by atoms with E-state index in [1.165, 1.54) is 6.42 Å². The number of hydrogen-bond acceptors (Lipinski definition) is 3. The highest BCUT2D eigenvalue weighted by Gasteiger charge is 2.29. The first-order valence-electron chi connectivity index (χ1n) is 6.86. The van der Waals surface area contributed by atoms with Gasteiger partial charge in [-0.2, -0.15) is 0 Å². The van der Waals surface area contributed by atoms with Gasteiger partial charge in [0.15, 0.2) is 9.84 Å². The van der Waals surface area contributed by atoms with Gasteiger partial charge in [-0.1, -0.05) is 33.6 Å². The van der Waals surface area contributed by atoms with Crippen molar-refractivity contribution in [2.45, 2.75) is 64.2 Å². The standard InChI is InChI=1S/C13H27NO2S/c1-11(2)14-8-5-9-17(15,16)13-7-4-6-12(3)10-13/h11-14H,4-10H2,1-3H3. The summed E-state index contributed by atoms with van der Waals surface area (Å²) >= 11 is 0. The molecular weight excluding hydrogens is 234 g/mol. The molecule has 0 bridgehead atoms. The van der Waals surface area contributed by atoms with E-state index in [9.17, 15) is 8.42 Å². The van der Waals surface area contributed by atoms with E-state index in [2.05, 4.69) is 26.1 Å². The fraction of sp³-hybridized carbons (Fsp3) is 1.00. The molecule has 0 amide bonds. The third-order valence-corrected chi connectivity index (χ3v) is 5.86. The quantitative estimate of drug-likeness (QED) is 0.747. The Labute approximate surface area is 106 Å². The summed E-state index contributed by atoms with van der Waals surface area (Å²) in [6.45, 7) is 7.13. The van der Waals surface area contributed by atoms with Gasteiger partial charge in [-0.25, -0.2) is 8.42 Å². The lowest BCUT2D eigenvalue weighted by atomic mass is 9.91. The van der Waals surface area contributed by atoms with E-state index in [4.69, 9.17) is 0 Å². The summed E-state index contributed by atoms with van der Waals surface area (Å²) in [6.07, 6.45) is 4.77. The Bertz CT molecular complexity index is 311. The molecule has 0 saturated heterocycles. The summed E-state index contributed by atoms with van der Waals surface area (Å²) in [5, 5.41) is 3.20. The lowest BCUT2D eigenvalue weighted by Crippen LogP contribution is -2.31. The average Bonchev–Trinajstić information content (AvgIpc) is 2.24. The maximum Gasteiger partial charge on any atom is 0.153 e. The first-order valence-corrected chi connectivity index (χ1v) is 8.58. The predicted molar refractivity (Wildman–Crippen MR) is 73.0 cm³/mol. The average molecular weight is 261 g/mol. The summed E-state index contributed by atoms with van der Waals surface area (Å²) in [4.78, 5) is 0. The lowest BCUT2D eigenvalue weighted by molar-refractivity contribution is 0.381. The summed E-state index contributed by atoms with van der Waals surface area (Å²) in [5.74, 6) is 0.932. The van der Waals surface area contributed by atoms with Crippen molar-refractivity contribution in [1.29, 1.82) is 0 Å². The van der Waals surface area contributed by atoms with Crippen LogP contribution in [-0.4, -0.2) is 32.0 Å². The topological polar surface area (TPSA) is 46.2 Å². The largest absolute Gasteiger partial charge is 0.314 e. The van der Waals surface area contributed by atoms with Gasteiger partial charge in [0.1, 0.15) is 0 Å². The second kappa shape index (κ2) is 6.74. The first-order chi connectivity index (χ1) is 7.92. The zero-order valence-electron chi connectivity index (χ0n) is 11.4. The van der Waals surface area contributed by atoms with Crippen LogP contribution in [0.1, 0.15) is 52.9 Å². The van der Waals surface area contributed by atoms with Crippen LogP contribution in [0.3, 0.4) is 0 Å². The molecule has 1 N–H and O–H groups in total. The Morgan fingerprint density at radius 2 is 2.00 bits per heavy atom. The number of rotatable bonds is 6. The molecule has 0 spiro atoms. The molecule has 0 aromatic rings. The molecule has 0 aromatic carbocycles. The van der Waals surface area contributed by atoms with Crippen molar-refractivity contribution in [3.8, 4) is 0 Å². The van der Waals surface area contributed by atoms with Crippen molar-refractivity contribution in [2.24, 2.45) is 5.92 Å². The molecule has 17 heavy (non-hydrogen) atoms. The molecule has 2 unspecified atom stereocenters. The lowest BCUT2D eigenvalue weighted by Gasteiger charge is -2.26. The van der Waals surface area contributed by atoms with Gasteiger partial charge in [-0.05, 0) is 31.7 Å². The zero-order valence-corrected chi connectivity index (χ0v) is 12.2. The minimum atomic E-state index is -2.85. The van der Waals surface area contributed by atoms with Gasteiger partial charge in [0.05, 0.1) is 11.0 Å². The molecule has 0 radical (unpaired) electrons. The van der Waals surface area contributed by atoms with Gasteiger partial charge in [-0.15, -0.1) is 0 Å². The van der Waals surface area contributed by atoms with Crippen LogP contribution >= 0.6 is 0 Å². The van der Waals surface area contributed by atoms with E-state index in [-0.39, 0.29) is 5.25 Å². The van der Waals surface area contributed by atoms with E-state index in [0.717, 1.165) is 32.2 Å². The van der Waals surface area contributed by atoms with Crippen molar-refractivity contribution in [3.63, 3.8) is 0 Å². The second-order valence-electron chi connectivity index (χ2n) is 5.72. The van der Waals surface area contributed by atoms with E-state index >= 15 is 0 Å². The Balaban J connectivity index is 2.34. The molecule has 3 nitrogen and oxygen atoms in total. The molecule has 0 heterocycles. The maximum absolute atomic E-state index is 12.1. The van der Waals surface area contributed by atoms with Crippen LogP contribution in [0.2, 0.25) is 0 Å². The molecule has 102 valence electrons. The van der Waals surface area contributed by atoms with Gasteiger partial charge in [0.2, 0.25) is 0 Å². The van der Waals surface area contributed by atoms with Gasteiger partial charge >= 0.3 is 0 Å². The van der Waals surface area contributed by atoms with Gasteiger partial charge in [-0.3, -0.25) is 0 Å². The van der Waals surface area contributed by atoms with Crippen molar-refractivity contribution in [2.75, 3.05) is 12.3 Å². The number of hydrogen-bond donors (Lipinski definition) is 1. The van der Waals surface area contributed by atoms with Crippen LogP contribution in [0.4, 0.5) is 0 Å². The third-order valence-electron chi connectivity index (χ3n) is 3.55. The van der Waals surface area contributed by atoms with Crippen LogP contribution in [0, 0.1) is 5.92 Å². The molecule has 0 aliphatic heterocycles. The van der Waals surface area contributed by atoms with Crippen molar-refractivity contribution >= 4 is 9.84 Å². The van der Waals surface area contributed by atoms with Crippen LogP contribution in [0.25, 0.3) is 0 Å². The Morgan fingerprint density at radius 1 is 1.29 bits per heavy atom. The smallest absolute Gasteiger partial charge is 0.153 e. The first kappa shape index (κ1) is 15.0. The van der Waals surface area contributed by atoms with E-state index in [0.29, 0.717) is 17.7 Å². The summed E-state index contributed by atoms with van der Waals surface area (Å²) < 4.78 is 24.3. The molecule has 0 aromatic heterocycles. The summed E-state index contributed by atoms with van der Waals surface area (Å²) in [6, 6.07) is 0.437.